The highest BCUT2D eigenvalue weighted by Gasteiger charge is 2.22. The van der Waals surface area contributed by atoms with Crippen LogP contribution in [-0.4, -0.2) is 39.0 Å². The Hall–Kier alpha value is -1.18. The molecule has 0 amide bonds. The highest BCUT2D eigenvalue weighted by atomic mass is 32.2. The average molecular weight is 301 g/mol. The summed E-state index contributed by atoms with van der Waals surface area (Å²) in [4.78, 5) is 2.17. The zero-order chi connectivity index (χ0) is 14.8. The van der Waals surface area contributed by atoms with Crippen LogP contribution in [0.1, 0.15) is 19.8 Å². The van der Waals surface area contributed by atoms with Gasteiger partial charge in [-0.1, -0.05) is 0 Å². The lowest BCUT2D eigenvalue weighted by Crippen LogP contribution is -2.40. The van der Waals surface area contributed by atoms with Gasteiger partial charge in [-0.15, -0.1) is 0 Å². The van der Waals surface area contributed by atoms with Crippen LogP contribution in [0.5, 0.6) is 0 Å². The number of nitrogens with one attached hydrogen (secondary N) is 1. The van der Waals surface area contributed by atoms with E-state index in [1.54, 1.807) is 0 Å². The topological polar surface area (TPSA) is 75.4 Å². The summed E-state index contributed by atoms with van der Waals surface area (Å²) >= 11 is 0. The molecule has 1 atom stereocenters. The molecule has 20 heavy (non-hydrogen) atoms. The molecule has 0 bridgehead atoms. The largest absolute Gasteiger partial charge is 0.398 e. The molecule has 1 fully saturated rings. The zero-order valence-corrected chi connectivity index (χ0v) is 12.3. The number of nitrogens with zero attached hydrogens (tertiary/aromatic N) is 1. The molecular weight excluding hydrogens is 281 g/mol. The van der Waals surface area contributed by atoms with Crippen molar-refractivity contribution in [3.05, 3.63) is 24.0 Å². The predicted molar refractivity (Wildman–Crippen MR) is 76.3 cm³/mol. The first-order chi connectivity index (χ1) is 9.40. The van der Waals surface area contributed by atoms with Crippen LogP contribution in [0.15, 0.2) is 23.1 Å². The molecule has 0 spiro atoms. The van der Waals surface area contributed by atoms with Crippen LogP contribution in [0, 0.1) is 5.82 Å². The van der Waals surface area contributed by atoms with E-state index in [0.29, 0.717) is 6.54 Å². The lowest BCUT2D eigenvalue weighted by atomic mass is 10.3. The molecule has 7 heteroatoms. The van der Waals surface area contributed by atoms with Crippen molar-refractivity contribution in [2.45, 2.75) is 30.7 Å². The van der Waals surface area contributed by atoms with E-state index >= 15 is 0 Å². The molecule has 0 aromatic heterocycles. The van der Waals surface area contributed by atoms with E-state index in [0.717, 1.165) is 38.1 Å². The van der Waals surface area contributed by atoms with E-state index in [-0.39, 0.29) is 16.6 Å². The molecule has 0 saturated carbocycles. The van der Waals surface area contributed by atoms with Crippen LogP contribution in [0.2, 0.25) is 0 Å². The molecule has 2 rings (SSSR count). The molecule has 1 unspecified atom stereocenters. The van der Waals surface area contributed by atoms with Gasteiger partial charge in [-0.2, -0.15) is 0 Å². The fraction of sp³-hybridized carbons (Fsp3) is 0.538. The van der Waals surface area contributed by atoms with E-state index < -0.39 is 15.8 Å². The Morgan fingerprint density at radius 3 is 2.65 bits per heavy atom. The maximum absolute atomic E-state index is 13.0. The van der Waals surface area contributed by atoms with Crippen molar-refractivity contribution in [1.29, 1.82) is 0 Å². The van der Waals surface area contributed by atoms with Crippen molar-refractivity contribution in [3.8, 4) is 0 Å². The number of benzene rings is 1. The van der Waals surface area contributed by atoms with Gasteiger partial charge in [0, 0.05) is 12.6 Å². The second-order valence-electron chi connectivity index (χ2n) is 5.13. The summed E-state index contributed by atoms with van der Waals surface area (Å²) in [6.45, 7) is 4.31. The fourth-order valence-electron chi connectivity index (χ4n) is 2.38. The van der Waals surface area contributed by atoms with Gasteiger partial charge in [0.2, 0.25) is 10.0 Å². The number of hydrogen-bond acceptors (Lipinski definition) is 4. The molecule has 1 aromatic rings. The highest BCUT2D eigenvalue weighted by Crippen LogP contribution is 2.19. The second-order valence-corrected chi connectivity index (χ2v) is 6.86. The summed E-state index contributed by atoms with van der Waals surface area (Å²) < 4.78 is 39.8. The van der Waals surface area contributed by atoms with Crippen molar-refractivity contribution in [3.63, 3.8) is 0 Å². The molecule has 0 aliphatic carbocycles. The standard InChI is InChI=1S/C13H20FN3O2S/c1-10(17-6-2-3-7-17)9-16-20(18,19)13-5-4-11(14)8-12(13)15/h4-5,8,10,16H,2-3,6-7,9,15H2,1H3. The smallest absolute Gasteiger partial charge is 0.242 e. The molecule has 1 aromatic carbocycles. The maximum atomic E-state index is 13.0. The fourth-order valence-corrected chi connectivity index (χ4v) is 3.62. The van der Waals surface area contributed by atoms with Crippen LogP contribution in [-0.2, 0) is 10.0 Å². The van der Waals surface area contributed by atoms with Crippen LogP contribution < -0.4 is 10.5 Å². The summed E-state index contributed by atoms with van der Waals surface area (Å²) in [6.07, 6.45) is 2.31. The lowest BCUT2D eigenvalue weighted by Gasteiger charge is -2.23. The Bertz CT molecular complexity index is 571. The summed E-state index contributed by atoms with van der Waals surface area (Å²) in [5, 5.41) is 0. The quantitative estimate of drug-likeness (QED) is 0.801. The third-order valence-corrected chi connectivity index (χ3v) is 5.09. The molecule has 1 saturated heterocycles. The van der Waals surface area contributed by atoms with E-state index in [4.69, 9.17) is 5.73 Å². The first kappa shape index (κ1) is 15.2. The molecule has 112 valence electrons. The van der Waals surface area contributed by atoms with Crippen molar-refractivity contribution >= 4 is 15.7 Å². The summed E-state index contributed by atoms with van der Waals surface area (Å²) in [5.41, 5.74) is 5.49. The van der Waals surface area contributed by atoms with Gasteiger partial charge in [0.05, 0.1) is 5.69 Å². The molecule has 3 N–H and O–H groups in total. The number of anilines is 1. The van der Waals surface area contributed by atoms with Gasteiger partial charge < -0.3 is 5.73 Å². The number of halogens is 1. The van der Waals surface area contributed by atoms with Gasteiger partial charge in [0.15, 0.2) is 0 Å². The minimum atomic E-state index is -3.70. The van der Waals surface area contributed by atoms with E-state index in [1.807, 2.05) is 6.92 Å². The zero-order valence-electron chi connectivity index (χ0n) is 11.5. The second kappa shape index (κ2) is 6.07. The highest BCUT2D eigenvalue weighted by molar-refractivity contribution is 7.89. The minimum absolute atomic E-state index is 0.0764. The van der Waals surface area contributed by atoms with Gasteiger partial charge in [0.25, 0.3) is 0 Å². The van der Waals surface area contributed by atoms with Gasteiger partial charge >= 0.3 is 0 Å². The Labute approximate surface area is 119 Å². The minimum Gasteiger partial charge on any atom is -0.398 e. The molecule has 1 aliphatic heterocycles. The van der Waals surface area contributed by atoms with Crippen LogP contribution in [0.3, 0.4) is 0 Å². The molecule has 1 aliphatic rings. The summed E-state index contributed by atoms with van der Waals surface area (Å²) in [5.74, 6) is -0.549. The van der Waals surface area contributed by atoms with E-state index in [1.165, 1.54) is 6.07 Å². The number of rotatable bonds is 5. The number of sulfonamides is 1. The Kier molecular flexibility index (Phi) is 4.62. The Balaban J connectivity index is 2.03. The third-order valence-electron chi connectivity index (χ3n) is 3.59. The first-order valence-electron chi connectivity index (χ1n) is 6.69. The number of likely N-dealkylation sites (tertiary alicyclic amines) is 1. The van der Waals surface area contributed by atoms with Gasteiger partial charge in [-0.3, -0.25) is 4.90 Å². The summed E-state index contributed by atoms with van der Waals surface area (Å²) in [7, 11) is -3.70. The van der Waals surface area contributed by atoms with Crippen LogP contribution in [0.25, 0.3) is 0 Å². The van der Waals surface area contributed by atoms with E-state index in [9.17, 15) is 12.8 Å². The Morgan fingerprint density at radius 2 is 2.05 bits per heavy atom. The normalized spacial score (nSPS) is 18.3. The molecule has 1 heterocycles. The number of nitrogens with two attached hydrogens (primary N) is 1. The first-order valence-corrected chi connectivity index (χ1v) is 8.17. The predicted octanol–water partition coefficient (Wildman–Crippen LogP) is 1.17. The van der Waals surface area contributed by atoms with Gasteiger partial charge in [-0.25, -0.2) is 17.5 Å². The molecular formula is C13H20FN3O2S. The van der Waals surface area contributed by atoms with Crippen molar-refractivity contribution < 1.29 is 12.8 Å². The molecule has 0 radical (unpaired) electrons. The van der Waals surface area contributed by atoms with Crippen LogP contribution in [0.4, 0.5) is 10.1 Å². The van der Waals surface area contributed by atoms with Crippen molar-refractivity contribution in [1.82, 2.24) is 9.62 Å². The number of nitrogen functional groups attached to an aromatic ring is 1. The summed E-state index contributed by atoms with van der Waals surface area (Å²) in [6, 6.07) is 3.43. The van der Waals surface area contributed by atoms with Crippen molar-refractivity contribution in [2.75, 3.05) is 25.4 Å². The van der Waals surface area contributed by atoms with Crippen molar-refractivity contribution in [2.24, 2.45) is 0 Å². The van der Waals surface area contributed by atoms with E-state index in [2.05, 4.69) is 9.62 Å². The number of hydrogen-bond donors (Lipinski definition) is 2. The SMILES string of the molecule is CC(CNS(=O)(=O)c1ccc(F)cc1N)N1CCCC1. The average Bonchev–Trinajstić information content (AvgIpc) is 2.89. The third kappa shape index (κ3) is 3.47. The monoisotopic (exact) mass is 301 g/mol. The Morgan fingerprint density at radius 1 is 1.40 bits per heavy atom. The van der Waals surface area contributed by atoms with Gasteiger partial charge in [0.1, 0.15) is 10.7 Å². The van der Waals surface area contributed by atoms with Gasteiger partial charge in [-0.05, 0) is 51.1 Å². The lowest BCUT2D eigenvalue weighted by molar-refractivity contribution is 0.260. The maximum Gasteiger partial charge on any atom is 0.242 e. The molecule has 5 nitrogen and oxygen atoms in total. The van der Waals surface area contributed by atoms with Crippen LogP contribution >= 0.6 is 0 Å².